The zero-order chi connectivity index (χ0) is 14.3. The van der Waals surface area contributed by atoms with Crippen molar-refractivity contribution in [2.24, 2.45) is 5.92 Å². The minimum atomic E-state index is 0.0118. The highest BCUT2D eigenvalue weighted by atomic mass is 16.3. The van der Waals surface area contributed by atoms with Crippen molar-refractivity contribution < 1.29 is 15.0 Å². The van der Waals surface area contributed by atoms with Gasteiger partial charge in [0.15, 0.2) is 0 Å². The van der Waals surface area contributed by atoms with Gasteiger partial charge in [-0.2, -0.15) is 0 Å². The van der Waals surface area contributed by atoms with Crippen molar-refractivity contribution in [1.29, 1.82) is 0 Å². The second kappa shape index (κ2) is 8.51. The maximum atomic E-state index is 12.2. The first-order valence-electron chi connectivity index (χ1n) is 7.28. The van der Waals surface area contributed by atoms with Crippen molar-refractivity contribution in [3.05, 3.63) is 0 Å². The largest absolute Gasteiger partial charge is 0.395 e. The van der Waals surface area contributed by atoms with E-state index in [4.69, 9.17) is 10.2 Å². The summed E-state index contributed by atoms with van der Waals surface area (Å²) in [5.41, 5.74) is 0. The Labute approximate surface area is 116 Å². The molecule has 0 aliphatic heterocycles. The number of likely N-dealkylation sites (N-methyl/N-ethyl adjacent to an activating group) is 1. The van der Waals surface area contributed by atoms with E-state index < -0.39 is 0 Å². The molecular weight excluding hydrogens is 244 g/mol. The smallest absolute Gasteiger partial charge is 0.236 e. The van der Waals surface area contributed by atoms with Crippen LogP contribution in [0.4, 0.5) is 0 Å². The highest BCUT2D eigenvalue weighted by molar-refractivity contribution is 5.78. The molecule has 19 heavy (non-hydrogen) atoms. The van der Waals surface area contributed by atoms with Gasteiger partial charge in [-0.05, 0) is 31.6 Å². The molecule has 0 aromatic carbocycles. The summed E-state index contributed by atoms with van der Waals surface area (Å²) in [6, 6.07) is 0.355. The van der Waals surface area contributed by atoms with Crippen LogP contribution >= 0.6 is 0 Å². The van der Waals surface area contributed by atoms with Crippen molar-refractivity contribution >= 4 is 5.91 Å². The summed E-state index contributed by atoms with van der Waals surface area (Å²) in [5.74, 6) is 0.862. The summed E-state index contributed by atoms with van der Waals surface area (Å²) in [7, 11) is 1.87. The molecular formula is C14H28N2O3. The monoisotopic (exact) mass is 272 g/mol. The van der Waals surface area contributed by atoms with Crippen LogP contribution in [0.5, 0.6) is 0 Å². The second-order valence-electron chi connectivity index (χ2n) is 5.64. The van der Waals surface area contributed by atoms with Crippen molar-refractivity contribution in [3.8, 4) is 0 Å². The third kappa shape index (κ3) is 5.47. The normalized spacial score (nSPS) is 23.6. The molecule has 0 atom stereocenters. The number of rotatable bonds is 7. The zero-order valence-electron chi connectivity index (χ0n) is 12.2. The molecule has 1 rings (SSSR count). The van der Waals surface area contributed by atoms with Gasteiger partial charge in [0.2, 0.25) is 5.91 Å². The highest BCUT2D eigenvalue weighted by Crippen LogP contribution is 2.26. The lowest BCUT2D eigenvalue weighted by atomic mass is 9.87. The van der Waals surface area contributed by atoms with Crippen LogP contribution in [0.15, 0.2) is 0 Å². The number of hydrogen-bond acceptors (Lipinski definition) is 4. The molecule has 1 amide bonds. The summed E-state index contributed by atoms with van der Waals surface area (Å²) in [6.07, 6.45) is 4.56. The van der Waals surface area contributed by atoms with Crippen LogP contribution in [-0.2, 0) is 4.79 Å². The lowest BCUT2D eigenvalue weighted by molar-refractivity contribution is -0.134. The molecule has 0 spiro atoms. The first-order valence-corrected chi connectivity index (χ1v) is 7.28. The van der Waals surface area contributed by atoms with E-state index in [0.29, 0.717) is 19.1 Å². The Kier molecular flexibility index (Phi) is 7.34. The predicted octanol–water partition coefficient (Wildman–Crippen LogP) is 0.310. The van der Waals surface area contributed by atoms with Crippen LogP contribution in [-0.4, -0.2) is 71.9 Å². The lowest BCUT2D eigenvalue weighted by Gasteiger charge is -2.34. The maximum Gasteiger partial charge on any atom is 0.236 e. The third-order valence-corrected chi connectivity index (χ3v) is 4.12. The minimum absolute atomic E-state index is 0.0118. The van der Waals surface area contributed by atoms with Gasteiger partial charge in [0.1, 0.15) is 0 Å². The van der Waals surface area contributed by atoms with Crippen molar-refractivity contribution in [2.75, 3.05) is 39.9 Å². The van der Waals surface area contributed by atoms with Crippen LogP contribution in [0.25, 0.3) is 0 Å². The fourth-order valence-electron chi connectivity index (χ4n) is 2.69. The average molecular weight is 272 g/mol. The molecule has 0 aromatic heterocycles. The van der Waals surface area contributed by atoms with E-state index in [0.717, 1.165) is 18.8 Å². The Hall–Kier alpha value is -0.650. The number of nitrogens with zero attached hydrogens (tertiary/aromatic N) is 2. The van der Waals surface area contributed by atoms with E-state index in [-0.39, 0.29) is 25.7 Å². The standard InChI is InChI=1S/C14H28N2O3/c1-12-3-5-13(6-4-12)15(2)14(19)11-16(7-9-17)8-10-18/h12-13,17-18H,3-11H2,1-2H3. The molecule has 1 saturated carbocycles. The van der Waals surface area contributed by atoms with Gasteiger partial charge in [-0.1, -0.05) is 6.92 Å². The highest BCUT2D eigenvalue weighted by Gasteiger charge is 2.25. The van der Waals surface area contributed by atoms with E-state index >= 15 is 0 Å². The molecule has 0 heterocycles. The quantitative estimate of drug-likeness (QED) is 0.700. The number of hydrogen-bond donors (Lipinski definition) is 2. The van der Waals surface area contributed by atoms with Gasteiger partial charge < -0.3 is 15.1 Å². The van der Waals surface area contributed by atoms with Gasteiger partial charge in [-0.25, -0.2) is 0 Å². The van der Waals surface area contributed by atoms with Crippen LogP contribution in [0.3, 0.4) is 0 Å². The lowest BCUT2D eigenvalue weighted by Crippen LogP contribution is -2.45. The third-order valence-electron chi connectivity index (χ3n) is 4.12. The maximum absolute atomic E-state index is 12.2. The predicted molar refractivity (Wildman–Crippen MR) is 74.8 cm³/mol. The first kappa shape index (κ1) is 16.4. The Morgan fingerprint density at radius 3 is 2.11 bits per heavy atom. The Morgan fingerprint density at radius 1 is 1.11 bits per heavy atom. The molecule has 5 heteroatoms. The molecule has 2 N–H and O–H groups in total. The number of aliphatic hydroxyl groups is 2. The first-order chi connectivity index (χ1) is 9.08. The molecule has 0 bridgehead atoms. The SMILES string of the molecule is CC1CCC(N(C)C(=O)CN(CCO)CCO)CC1. The average Bonchev–Trinajstić information content (AvgIpc) is 2.39. The molecule has 0 saturated heterocycles. The van der Waals surface area contributed by atoms with Crippen LogP contribution in [0.2, 0.25) is 0 Å². The van der Waals surface area contributed by atoms with Gasteiger partial charge in [0.25, 0.3) is 0 Å². The molecule has 1 fully saturated rings. The fraction of sp³-hybridized carbons (Fsp3) is 0.929. The van der Waals surface area contributed by atoms with Crippen molar-refractivity contribution in [1.82, 2.24) is 9.80 Å². The minimum Gasteiger partial charge on any atom is -0.395 e. The van der Waals surface area contributed by atoms with Gasteiger partial charge >= 0.3 is 0 Å². The van der Waals surface area contributed by atoms with E-state index in [1.165, 1.54) is 12.8 Å². The van der Waals surface area contributed by atoms with E-state index in [1.807, 2.05) is 11.9 Å². The van der Waals surface area contributed by atoms with Crippen LogP contribution in [0.1, 0.15) is 32.6 Å². The summed E-state index contributed by atoms with van der Waals surface area (Å²) >= 11 is 0. The van der Waals surface area contributed by atoms with Crippen LogP contribution in [0, 0.1) is 5.92 Å². The molecule has 0 unspecified atom stereocenters. The molecule has 0 radical (unpaired) electrons. The molecule has 1 aliphatic carbocycles. The summed E-state index contributed by atoms with van der Waals surface area (Å²) in [6.45, 7) is 3.44. The second-order valence-corrected chi connectivity index (χ2v) is 5.64. The summed E-state index contributed by atoms with van der Waals surface area (Å²) in [5, 5.41) is 17.9. The number of carbonyl (C=O) groups excluding carboxylic acids is 1. The van der Waals surface area contributed by atoms with Gasteiger partial charge in [-0.15, -0.1) is 0 Å². The number of aliphatic hydroxyl groups excluding tert-OH is 2. The molecule has 0 aromatic rings. The Morgan fingerprint density at radius 2 is 1.63 bits per heavy atom. The topological polar surface area (TPSA) is 64.0 Å². The van der Waals surface area contributed by atoms with E-state index in [9.17, 15) is 4.79 Å². The van der Waals surface area contributed by atoms with Gasteiger partial charge in [-0.3, -0.25) is 9.69 Å². The molecule has 1 aliphatic rings. The summed E-state index contributed by atoms with van der Waals surface area (Å²) in [4.78, 5) is 15.9. The zero-order valence-corrected chi connectivity index (χ0v) is 12.2. The van der Waals surface area contributed by atoms with Gasteiger partial charge in [0, 0.05) is 26.2 Å². The summed E-state index contributed by atoms with van der Waals surface area (Å²) < 4.78 is 0. The Balaban J connectivity index is 2.42. The van der Waals surface area contributed by atoms with Gasteiger partial charge in [0.05, 0.1) is 19.8 Å². The van der Waals surface area contributed by atoms with Crippen molar-refractivity contribution in [3.63, 3.8) is 0 Å². The van der Waals surface area contributed by atoms with Crippen LogP contribution < -0.4 is 0 Å². The number of carbonyl (C=O) groups is 1. The Bertz CT molecular complexity index is 259. The van der Waals surface area contributed by atoms with Crippen molar-refractivity contribution in [2.45, 2.75) is 38.6 Å². The molecule has 112 valence electrons. The van der Waals surface area contributed by atoms with E-state index in [1.54, 1.807) is 4.90 Å². The fourth-order valence-corrected chi connectivity index (χ4v) is 2.69. The van der Waals surface area contributed by atoms with E-state index in [2.05, 4.69) is 6.92 Å². The number of amides is 1. The molecule has 5 nitrogen and oxygen atoms in total.